The van der Waals surface area contributed by atoms with Crippen LogP contribution >= 0.6 is 22.7 Å². The first kappa shape index (κ1) is 26.9. The molecule has 2 aromatic rings. The molecule has 2 aliphatic heterocycles. The Morgan fingerprint density at radius 2 is 1.25 bits per heavy atom. The van der Waals surface area contributed by atoms with Crippen LogP contribution in [0.5, 0.6) is 0 Å². The number of carbonyl (C=O) groups is 2. The van der Waals surface area contributed by atoms with Crippen LogP contribution in [-0.4, -0.2) is 35.0 Å². The van der Waals surface area contributed by atoms with Crippen molar-refractivity contribution >= 4 is 44.9 Å². The number of hydrogen-bond donors (Lipinski definition) is 2. The van der Waals surface area contributed by atoms with E-state index in [-0.39, 0.29) is 23.8 Å². The highest BCUT2D eigenvalue weighted by atomic mass is 32.1. The number of hydrogen-bond acceptors (Lipinski definition) is 10. The number of aromatic nitrogens is 2. The van der Waals surface area contributed by atoms with Crippen molar-refractivity contribution in [1.29, 1.82) is 0 Å². The van der Waals surface area contributed by atoms with E-state index in [1.807, 2.05) is 24.6 Å². The second kappa shape index (κ2) is 11.5. The molecule has 0 amide bonds. The van der Waals surface area contributed by atoms with Gasteiger partial charge in [-0.05, 0) is 26.7 Å². The van der Waals surface area contributed by atoms with Crippen LogP contribution in [0.25, 0.3) is 0 Å². The van der Waals surface area contributed by atoms with Gasteiger partial charge >= 0.3 is 11.9 Å². The van der Waals surface area contributed by atoms with Crippen LogP contribution in [0, 0.1) is 11.8 Å². The first-order chi connectivity index (χ1) is 17.3. The minimum Gasteiger partial charge on any atom is -0.453 e. The summed E-state index contributed by atoms with van der Waals surface area (Å²) in [5, 5.41) is 12.3. The largest absolute Gasteiger partial charge is 0.453 e. The molecule has 0 aliphatic carbocycles. The summed E-state index contributed by atoms with van der Waals surface area (Å²) in [5.74, 6) is -0.258. The van der Waals surface area contributed by atoms with Crippen molar-refractivity contribution in [2.75, 3.05) is 23.7 Å². The lowest BCUT2D eigenvalue weighted by molar-refractivity contribution is -0.151. The normalized spacial score (nSPS) is 27.8. The number of nitrogens with zero attached hydrogens (tertiary/aromatic N) is 2. The predicted octanol–water partition coefficient (Wildman–Crippen LogP) is 6.06. The van der Waals surface area contributed by atoms with Crippen LogP contribution < -0.4 is 10.6 Å². The molecule has 0 saturated carbocycles. The molecule has 4 atom stereocenters. The van der Waals surface area contributed by atoms with E-state index in [0.29, 0.717) is 25.9 Å². The summed E-state index contributed by atoms with van der Waals surface area (Å²) < 4.78 is 11.5. The molecule has 8 nitrogen and oxygen atoms in total. The molecular weight excluding hydrogens is 496 g/mol. The van der Waals surface area contributed by atoms with E-state index in [4.69, 9.17) is 19.4 Å². The summed E-state index contributed by atoms with van der Waals surface area (Å²) in [4.78, 5) is 34.0. The summed E-state index contributed by atoms with van der Waals surface area (Å²) in [7, 11) is 0. The fourth-order valence-corrected chi connectivity index (χ4v) is 6.71. The number of carbonyl (C=O) groups excluding carboxylic acids is 2. The monoisotopic (exact) mass is 534 g/mol. The van der Waals surface area contributed by atoms with Crippen LogP contribution in [-0.2, 0) is 30.3 Å². The fourth-order valence-electron chi connectivity index (χ4n) is 4.99. The number of nitrogens with one attached hydrogen (secondary N) is 2. The fraction of sp³-hybridized carbons (Fsp3) is 0.692. The van der Waals surface area contributed by atoms with E-state index in [9.17, 15) is 9.59 Å². The quantitative estimate of drug-likeness (QED) is 0.236. The van der Waals surface area contributed by atoms with Gasteiger partial charge in [-0.25, -0.2) is 9.97 Å². The first-order valence-electron chi connectivity index (χ1n) is 13.1. The van der Waals surface area contributed by atoms with E-state index in [0.717, 1.165) is 60.2 Å². The molecule has 2 fully saturated rings. The number of thiazole rings is 2. The van der Waals surface area contributed by atoms with Crippen molar-refractivity contribution < 1.29 is 19.1 Å². The Bertz CT molecular complexity index is 974. The molecule has 0 bridgehead atoms. The second-order valence-electron chi connectivity index (χ2n) is 10.3. The van der Waals surface area contributed by atoms with Gasteiger partial charge in [-0.1, -0.05) is 39.5 Å². The second-order valence-corrected chi connectivity index (χ2v) is 12.0. The van der Waals surface area contributed by atoms with Crippen molar-refractivity contribution in [2.45, 2.75) is 90.3 Å². The summed E-state index contributed by atoms with van der Waals surface area (Å²) in [6.45, 7) is 9.54. The third kappa shape index (κ3) is 6.02. The lowest BCUT2D eigenvalue weighted by Crippen LogP contribution is -2.22. The average Bonchev–Trinajstić information content (AvgIpc) is 3.62. The van der Waals surface area contributed by atoms with Crippen LogP contribution in [0.4, 0.5) is 10.3 Å². The number of anilines is 2. The molecule has 198 valence electrons. The van der Waals surface area contributed by atoms with Crippen molar-refractivity contribution in [3.05, 3.63) is 22.1 Å². The van der Waals surface area contributed by atoms with Crippen molar-refractivity contribution in [3.8, 4) is 0 Å². The zero-order valence-electron chi connectivity index (χ0n) is 21.7. The molecule has 2 saturated heterocycles. The first-order valence-corrected chi connectivity index (χ1v) is 14.9. The molecule has 0 spiro atoms. The molecule has 4 unspecified atom stereocenters. The van der Waals surface area contributed by atoms with Gasteiger partial charge in [-0.3, -0.25) is 9.59 Å². The molecule has 4 heterocycles. The van der Waals surface area contributed by atoms with E-state index in [1.165, 1.54) is 22.7 Å². The van der Waals surface area contributed by atoms with Gasteiger partial charge in [0.1, 0.15) is 0 Å². The van der Waals surface area contributed by atoms with Gasteiger partial charge in [0.15, 0.2) is 21.5 Å². The summed E-state index contributed by atoms with van der Waals surface area (Å²) in [5.41, 5.74) is 0.348. The van der Waals surface area contributed by atoms with E-state index >= 15 is 0 Å². The third-order valence-electron chi connectivity index (χ3n) is 7.17. The number of rotatable bonds is 13. The zero-order chi connectivity index (χ0) is 25.8. The number of esters is 2. The maximum Gasteiger partial charge on any atom is 0.310 e. The van der Waals surface area contributed by atoms with E-state index in [1.54, 1.807) is 0 Å². The molecule has 10 heteroatoms. The summed E-state index contributed by atoms with van der Waals surface area (Å²) in [6, 6.07) is 0. The minimum atomic E-state index is -0.642. The highest BCUT2D eigenvalue weighted by Crippen LogP contribution is 2.43. The van der Waals surface area contributed by atoms with Crippen LogP contribution in [0.15, 0.2) is 10.8 Å². The number of ether oxygens (including phenoxy) is 2. The maximum atomic E-state index is 12.3. The topological polar surface area (TPSA) is 102 Å². The van der Waals surface area contributed by atoms with Crippen LogP contribution in [0.1, 0.15) is 90.4 Å². The molecule has 0 radical (unpaired) electrons. The minimum absolute atomic E-state index is 0.0299. The smallest absolute Gasteiger partial charge is 0.310 e. The Hall–Kier alpha value is -2.20. The van der Waals surface area contributed by atoms with Gasteiger partial charge in [0.05, 0.1) is 23.2 Å². The van der Waals surface area contributed by atoms with Crippen molar-refractivity contribution in [1.82, 2.24) is 9.97 Å². The van der Waals surface area contributed by atoms with Crippen LogP contribution in [0.3, 0.4) is 0 Å². The Morgan fingerprint density at radius 3 is 1.64 bits per heavy atom. The Kier molecular flexibility index (Phi) is 8.55. The summed E-state index contributed by atoms with van der Waals surface area (Å²) >= 11 is 3.05. The van der Waals surface area contributed by atoms with Gasteiger partial charge < -0.3 is 20.1 Å². The van der Waals surface area contributed by atoms with Crippen molar-refractivity contribution in [2.24, 2.45) is 11.8 Å². The highest BCUT2D eigenvalue weighted by Gasteiger charge is 2.46. The van der Waals surface area contributed by atoms with Gasteiger partial charge in [0.2, 0.25) is 0 Å². The summed E-state index contributed by atoms with van der Waals surface area (Å²) in [6.07, 6.45) is 7.37. The van der Waals surface area contributed by atoms with Crippen molar-refractivity contribution in [3.63, 3.8) is 0 Å². The SMILES string of the molecule is CCCCC1CC(C)(c2csc(NCCNc3nc(C4(C)CC(CCCC)C(=O)O4)cs3)n2)OC1=O. The Balaban J connectivity index is 1.24. The standard InChI is InChI=1S/C26H38N4O4S2/c1-5-7-9-17-13-25(3,33-21(17)31)19-15-35-23(29-19)27-11-12-28-24-30-20(16-36-24)26(4)14-18(10-8-6-2)22(32)34-26/h15-18H,5-14H2,1-4H3,(H,27,29)(H,28,30). The molecular formula is C26H38N4O4S2. The van der Waals surface area contributed by atoms with Gasteiger partial charge in [-0.2, -0.15) is 0 Å². The van der Waals surface area contributed by atoms with E-state index < -0.39 is 11.2 Å². The maximum absolute atomic E-state index is 12.3. The Labute approximate surface area is 221 Å². The van der Waals surface area contributed by atoms with Gasteiger partial charge in [0, 0.05) is 36.7 Å². The van der Waals surface area contributed by atoms with Gasteiger partial charge in [-0.15, -0.1) is 22.7 Å². The average molecular weight is 535 g/mol. The lowest BCUT2D eigenvalue weighted by Gasteiger charge is -2.20. The lowest BCUT2D eigenvalue weighted by atomic mass is 9.90. The molecule has 36 heavy (non-hydrogen) atoms. The Morgan fingerprint density at radius 1 is 0.833 bits per heavy atom. The van der Waals surface area contributed by atoms with Crippen LogP contribution in [0.2, 0.25) is 0 Å². The molecule has 4 rings (SSSR count). The number of cyclic esters (lactones) is 2. The predicted molar refractivity (Wildman–Crippen MR) is 143 cm³/mol. The zero-order valence-corrected chi connectivity index (χ0v) is 23.4. The number of unbranched alkanes of at least 4 members (excludes halogenated alkanes) is 2. The molecule has 2 aromatic heterocycles. The highest BCUT2D eigenvalue weighted by molar-refractivity contribution is 7.14. The third-order valence-corrected chi connectivity index (χ3v) is 8.77. The van der Waals surface area contributed by atoms with E-state index in [2.05, 4.69) is 24.5 Å². The van der Waals surface area contributed by atoms with Gasteiger partial charge in [0.25, 0.3) is 0 Å². The molecule has 2 aliphatic rings. The molecule has 0 aromatic carbocycles. The molecule has 2 N–H and O–H groups in total.